The van der Waals surface area contributed by atoms with Crippen LogP contribution in [0, 0.1) is 6.92 Å². The minimum Gasteiger partial charge on any atom is -0.497 e. The molecule has 168 valence electrons. The minimum absolute atomic E-state index is 0.0672. The SMILES string of the molecule is COc1ccc2nc(C)c(C(=O)Nc3nc(-c4ccc(C(C)NC(C)=O)cc4)cs3)cc2c1. The number of fused-ring (bicyclic) bond motifs is 1. The standard InChI is InChI=1S/C25H24N4O3S/c1-14(26-16(3)30)17-5-7-18(8-6-17)23-13-33-25(28-23)29-24(31)21-12-19-11-20(32-4)9-10-22(19)27-15(21)2/h5-14H,1-4H3,(H,26,30)(H,28,29,31). The Morgan fingerprint density at radius 3 is 2.52 bits per heavy atom. The molecule has 0 aliphatic rings. The van der Waals surface area contributed by atoms with Crippen LogP contribution in [0.25, 0.3) is 22.2 Å². The Kier molecular flexibility index (Phi) is 6.37. The summed E-state index contributed by atoms with van der Waals surface area (Å²) in [6, 6.07) is 15.2. The van der Waals surface area contributed by atoms with Crippen molar-refractivity contribution in [2.75, 3.05) is 12.4 Å². The second kappa shape index (κ2) is 9.38. The summed E-state index contributed by atoms with van der Waals surface area (Å²) in [7, 11) is 1.60. The van der Waals surface area contributed by atoms with Gasteiger partial charge in [-0.05, 0) is 43.7 Å². The highest BCUT2D eigenvalue weighted by atomic mass is 32.1. The zero-order valence-electron chi connectivity index (χ0n) is 18.8. The van der Waals surface area contributed by atoms with E-state index in [0.29, 0.717) is 22.1 Å². The van der Waals surface area contributed by atoms with Gasteiger partial charge in [0.15, 0.2) is 5.13 Å². The van der Waals surface area contributed by atoms with Gasteiger partial charge in [-0.3, -0.25) is 19.9 Å². The van der Waals surface area contributed by atoms with Crippen molar-refractivity contribution < 1.29 is 14.3 Å². The molecule has 33 heavy (non-hydrogen) atoms. The Balaban J connectivity index is 1.51. The molecule has 0 saturated heterocycles. The first kappa shape index (κ1) is 22.4. The molecule has 8 heteroatoms. The third kappa shape index (κ3) is 5.01. The average Bonchev–Trinajstić information content (AvgIpc) is 3.26. The molecule has 2 N–H and O–H groups in total. The van der Waals surface area contributed by atoms with Crippen molar-refractivity contribution in [1.29, 1.82) is 0 Å². The van der Waals surface area contributed by atoms with E-state index in [-0.39, 0.29) is 17.9 Å². The molecule has 0 aliphatic heterocycles. The number of nitrogens with one attached hydrogen (secondary N) is 2. The molecular weight excluding hydrogens is 436 g/mol. The molecule has 0 fully saturated rings. The smallest absolute Gasteiger partial charge is 0.259 e. The van der Waals surface area contributed by atoms with Crippen LogP contribution >= 0.6 is 11.3 Å². The molecule has 0 spiro atoms. The Morgan fingerprint density at radius 1 is 1.06 bits per heavy atom. The van der Waals surface area contributed by atoms with Gasteiger partial charge in [0, 0.05) is 23.3 Å². The van der Waals surface area contributed by atoms with Gasteiger partial charge in [-0.25, -0.2) is 4.98 Å². The van der Waals surface area contributed by atoms with Crippen molar-refractivity contribution >= 4 is 39.2 Å². The van der Waals surface area contributed by atoms with E-state index in [1.165, 1.54) is 18.3 Å². The van der Waals surface area contributed by atoms with Crippen LogP contribution in [0.2, 0.25) is 0 Å². The van der Waals surface area contributed by atoms with Crippen LogP contribution in [0.1, 0.15) is 41.5 Å². The second-order valence-electron chi connectivity index (χ2n) is 7.72. The van der Waals surface area contributed by atoms with Crippen molar-refractivity contribution in [3.63, 3.8) is 0 Å². The van der Waals surface area contributed by atoms with Crippen LogP contribution in [-0.2, 0) is 4.79 Å². The van der Waals surface area contributed by atoms with E-state index in [1.807, 2.05) is 67.8 Å². The van der Waals surface area contributed by atoms with Crippen LogP contribution < -0.4 is 15.4 Å². The topological polar surface area (TPSA) is 93.2 Å². The number of carbonyl (C=O) groups excluding carboxylic acids is 2. The van der Waals surface area contributed by atoms with E-state index < -0.39 is 0 Å². The van der Waals surface area contributed by atoms with E-state index >= 15 is 0 Å². The van der Waals surface area contributed by atoms with Crippen molar-refractivity contribution in [2.24, 2.45) is 0 Å². The normalized spacial score (nSPS) is 11.8. The van der Waals surface area contributed by atoms with Gasteiger partial charge < -0.3 is 10.1 Å². The molecule has 7 nitrogen and oxygen atoms in total. The number of anilines is 1. The number of pyridine rings is 1. The first-order valence-electron chi connectivity index (χ1n) is 10.4. The number of carbonyl (C=O) groups is 2. The zero-order chi connectivity index (χ0) is 23.5. The lowest BCUT2D eigenvalue weighted by Crippen LogP contribution is -2.23. The third-order valence-electron chi connectivity index (χ3n) is 5.31. The molecule has 0 bridgehead atoms. The maximum absolute atomic E-state index is 12.9. The van der Waals surface area contributed by atoms with E-state index in [0.717, 1.165) is 27.7 Å². The summed E-state index contributed by atoms with van der Waals surface area (Å²) in [5, 5.41) is 9.00. The molecule has 1 unspecified atom stereocenters. The largest absolute Gasteiger partial charge is 0.497 e. The lowest BCUT2D eigenvalue weighted by Gasteiger charge is -2.13. The number of rotatable bonds is 6. The molecular formula is C25H24N4O3S. The summed E-state index contributed by atoms with van der Waals surface area (Å²) in [4.78, 5) is 33.3. The monoisotopic (exact) mass is 460 g/mol. The third-order valence-corrected chi connectivity index (χ3v) is 6.07. The van der Waals surface area contributed by atoms with E-state index in [2.05, 4.69) is 20.6 Å². The van der Waals surface area contributed by atoms with Gasteiger partial charge in [-0.1, -0.05) is 24.3 Å². The molecule has 0 aliphatic carbocycles. The average molecular weight is 461 g/mol. The van der Waals surface area contributed by atoms with Crippen molar-refractivity contribution in [1.82, 2.24) is 15.3 Å². The first-order valence-corrected chi connectivity index (χ1v) is 11.3. The van der Waals surface area contributed by atoms with Crippen molar-refractivity contribution in [3.05, 3.63) is 70.7 Å². The highest BCUT2D eigenvalue weighted by Crippen LogP contribution is 2.27. The molecule has 2 amide bonds. The van der Waals surface area contributed by atoms with Crippen LogP contribution in [0.3, 0.4) is 0 Å². The maximum Gasteiger partial charge on any atom is 0.259 e. The summed E-state index contributed by atoms with van der Waals surface area (Å²) < 4.78 is 5.28. The molecule has 2 heterocycles. The Labute approximate surface area is 195 Å². The number of methoxy groups -OCH3 is 1. The number of benzene rings is 2. The van der Waals surface area contributed by atoms with Crippen LogP contribution in [0.15, 0.2) is 53.9 Å². The van der Waals surface area contributed by atoms with Gasteiger partial charge >= 0.3 is 0 Å². The zero-order valence-corrected chi connectivity index (χ0v) is 19.6. The molecule has 1 atom stereocenters. The lowest BCUT2D eigenvalue weighted by molar-refractivity contribution is -0.119. The van der Waals surface area contributed by atoms with Gasteiger partial charge in [-0.2, -0.15) is 0 Å². The number of aryl methyl sites for hydroxylation is 1. The predicted octanol–water partition coefficient (Wildman–Crippen LogP) is 5.12. The number of amides is 2. The summed E-state index contributed by atoms with van der Waals surface area (Å²) in [5.41, 5.74) is 4.65. The van der Waals surface area contributed by atoms with Gasteiger partial charge in [0.05, 0.1) is 35.6 Å². The molecule has 0 saturated carbocycles. The fourth-order valence-electron chi connectivity index (χ4n) is 3.57. The number of nitrogens with zero attached hydrogens (tertiary/aromatic N) is 2. The molecule has 0 radical (unpaired) electrons. The van der Waals surface area contributed by atoms with Crippen LogP contribution in [0.5, 0.6) is 5.75 Å². The highest BCUT2D eigenvalue weighted by Gasteiger charge is 2.15. The Hall–Kier alpha value is -3.78. The molecule has 2 aromatic carbocycles. The lowest BCUT2D eigenvalue weighted by atomic mass is 10.1. The maximum atomic E-state index is 12.9. The van der Waals surface area contributed by atoms with E-state index in [9.17, 15) is 9.59 Å². The molecule has 4 aromatic rings. The number of thiazole rings is 1. The summed E-state index contributed by atoms with van der Waals surface area (Å²) in [6.45, 7) is 5.25. The van der Waals surface area contributed by atoms with Gasteiger partial charge in [0.2, 0.25) is 5.91 Å². The fourth-order valence-corrected chi connectivity index (χ4v) is 4.28. The second-order valence-corrected chi connectivity index (χ2v) is 8.57. The Morgan fingerprint density at radius 2 is 1.82 bits per heavy atom. The molecule has 4 rings (SSSR count). The minimum atomic E-state index is -0.259. The first-order chi connectivity index (χ1) is 15.8. The summed E-state index contributed by atoms with van der Waals surface area (Å²) >= 11 is 1.36. The van der Waals surface area contributed by atoms with Gasteiger partial charge in [0.1, 0.15) is 5.75 Å². The molecule has 2 aromatic heterocycles. The summed E-state index contributed by atoms with van der Waals surface area (Å²) in [5.74, 6) is 0.383. The van der Waals surface area contributed by atoms with Crippen molar-refractivity contribution in [2.45, 2.75) is 26.8 Å². The van der Waals surface area contributed by atoms with E-state index in [4.69, 9.17) is 4.74 Å². The van der Waals surface area contributed by atoms with Crippen LogP contribution in [-0.4, -0.2) is 28.9 Å². The highest BCUT2D eigenvalue weighted by molar-refractivity contribution is 7.14. The van der Waals surface area contributed by atoms with Crippen molar-refractivity contribution in [3.8, 4) is 17.0 Å². The Bertz CT molecular complexity index is 1330. The number of hydrogen-bond donors (Lipinski definition) is 2. The number of aromatic nitrogens is 2. The van der Waals surface area contributed by atoms with Gasteiger partial charge in [-0.15, -0.1) is 11.3 Å². The number of hydrogen-bond acceptors (Lipinski definition) is 6. The summed E-state index contributed by atoms with van der Waals surface area (Å²) in [6.07, 6.45) is 0. The number of ether oxygens (including phenoxy) is 1. The predicted molar refractivity (Wildman–Crippen MR) is 131 cm³/mol. The fraction of sp³-hybridized carbons (Fsp3) is 0.200. The quantitative estimate of drug-likeness (QED) is 0.416. The van der Waals surface area contributed by atoms with Gasteiger partial charge in [0.25, 0.3) is 5.91 Å². The van der Waals surface area contributed by atoms with E-state index in [1.54, 1.807) is 7.11 Å². The van der Waals surface area contributed by atoms with Crippen LogP contribution in [0.4, 0.5) is 5.13 Å².